The third kappa shape index (κ3) is 3.05. The highest BCUT2D eigenvalue weighted by molar-refractivity contribution is 6.32. The van der Waals surface area contributed by atoms with E-state index in [-0.39, 0.29) is 11.6 Å². The lowest BCUT2D eigenvalue weighted by atomic mass is 9.88. The molecular formula is C20H16ClF2N7O. The third-order valence-corrected chi connectivity index (χ3v) is 5.78. The number of halogens is 3. The molecule has 11 heteroatoms. The van der Waals surface area contributed by atoms with Crippen LogP contribution in [0.4, 0.5) is 14.5 Å². The first-order chi connectivity index (χ1) is 14.8. The molecule has 0 radical (unpaired) electrons. The monoisotopic (exact) mass is 443 g/mol. The number of nitrogens with zero attached hydrogens (tertiary/aromatic N) is 6. The maximum Gasteiger partial charge on any atom is 0.271 e. The Hall–Kier alpha value is -3.40. The Morgan fingerprint density at radius 3 is 2.71 bits per heavy atom. The molecule has 1 aromatic carbocycles. The van der Waals surface area contributed by atoms with Crippen molar-refractivity contribution < 1.29 is 13.6 Å². The van der Waals surface area contributed by atoms with Crippen LogP contribution in [0.1, 0.15) is 37.4 Å². The molecule has 1 amide bonds. The van der Waals surface area contributed by atoms with Crippen LogP contribution >= 0.6 is 11.6 Å². The fourth-order valence-corrected chi connectivity index (χ4v) is 4.40. The predicted octanol–water partition coefficient (Wildman–Crippen LogP) is 3.65. The number of amides is 1. The molecule has 1 atom stereocenters. The van der Waals surface area contributed by atoms with Gasteiger partial charge in [-0.25, -0.2) is 9.50 Å². The standard InChI is InChI=1S/C20H16ClF2N7O/c1-20(2)8-11(12-9-24-18-15(22)17(23)28-29(18)16(12)20)19(31)27-10-3-4-14(13(21)7-10)30-25-5-6-26-30/h3-7,9,11H,8H2,1-2H3,(H,27,31)/t11-/m1/s1. The van der Waals surface area contributed by atoms with Crippen molar-refractivity contribution >= 4 is 28.8 Å². The SMILES string of the molecule is CC1(C)C[C@@H](C(=O)Nc2ccc(-n3nccn3)c(Cl)c2)c2cnc3c(F)c(F)nn3c21. The summed E-state index contributed by atoms with van der Waals surface area (Å²) < 4.78 is 28.9. The lowest BCUT2D eigenvalue weighted by Crippen LogP contribution is -2.21. The summed E-state index contributed by atoms with van der Waals surface area (Å²) in [7, 11) is 0. The average molecular weight is 444 g/mol. The van der Waals surface area contributed by atoms with Gasteiger partial charge in [-0.3, -0.25) is 4.79 Å². The van der Waals surface area contributed by atoms with Crippen molar-refractivity contribution in [2.45, 2.75) is 31.6 Å². The number of hydrogen-bond acceptors (Lipinski definition) is 5. The number of fused-ring (bicyclic) bond motifs is 3. The molecule has 0 saturated carbocycles. The summed E-state index contributed by atoms with van der Waals surface area (Å²) in [5.74, 6) is -3.16. The second kappa shape index (κ2) is 6.81. The molecule has 0 aliphatic heterocycles. The van der Waals surface area contributed by atoms with Crippen molar-refractivity contribution in [3.8, 4) is 5.69 Å². The second-order valence-corrected chi connectivity index (χ2v) is 8.42. The highest BCUT2D eigenvalue weighted by atomic mass is 35.5. The summed E-state index contributed by atoms with van der Waals surface area (Å²) in [6.45, 7) is 3.80. The van der Waals surface area contributed by atoms with Crippen molar-refractivity contribution in [3.63, 3.8) is 0 Å². The number of rotatable bonds is 3. The quantitative estimate of drug-likeness (QED) is 0.522. The number of aromatic nitrogens is 6. The van der Waals surface area contributed by atoms with E-state index < -0.39 is 23.1 Å². The van der Waals surface area contributed by atoms with E-state index in [1.165, 1.54) is 23.4 Å². The van der Waals surface area contributed by atoms with Crippen LogP contribution in [0, 0.1) is 11.8 Å². The molecule has 158 valence electrons. The highest BCUT2D eigenvalue weighted by Gasteiger charge is 2.43. The molecule has 3 aromatic heterocycles. The van der Waals surface area contributed by atoms with Gasteiger partial charge < -0.3 is 5.32 Å². The van der Waals surface area contributed by atoms with Crippen LogP contribution < -0.4 is 5.32 Å². The summed E-state index contributed by atoms with van der Waals surface area (Å²) in [5.41, 5.74) is 1.49. The van der Waals surface area contributed by atoms with Crippen molar-refractivity contribution in [1.82, 2.24) is 29.6 Å². The van der Waals surface area contributed by atoms with Crippen LogP contribution in [0.15, 0.2) is 36.8 Å². The maximum atomic E-state index is 14.0. The van der Waals surface area contributed by atoms with E-state index in [2.05, 4.69) is 25.6 Å². The molecule has 1 aliphatic carbocycles. The van der Waals surface area contributed by atoms with Gasteiger partial charge in [0.05, 0.1) is 29.0 Å². The van der Waals surface area contributed by atoms with Gasteiger partial charge in [0.1, 0.15) is 5.69 Å². The largest absolute Gasteiger partial charge is 0.326 e. The van der Waals surface area contributed by atoms with Gasteiger partial charge in [-0.15, -0.1) is 5.10 Å². The first-order valence-corrected chi connectivity index (χ1v) is 9.84. The number of benzene rings is 1. The Morgan fingerprint density at radius 2 is 2.00 bits per heavy atom. The summed E-state index contributed by atoms with van der Waals surface area (Å²) in [4.78, 5) is 18.5. The number of carbonyl (C=O) groups is 1. The summed E-state index contributed by atoms with van der Waals surface area (Å²) in [5, 5.41) is 15.0. The molecule has 3 heterocycles. The van der Waals surface area contributed by atoms with Gasteiger partial charge in [0.2, 0.25) is 11.7 Å². The second-order valence-electron chi connectivity index (χ2n) is 8.02. The zero-order chi connectivity index (χ0) is 21.9. The predicted molar refractivity (Wildman–Crippen MR) is 108 cm³/mol. The first-order valence-electron chi connectivity index (χ1n) is 9.46. The van der Waals surface area contributed by atoms with Gasteiger partial charge in [-0.05, 0) is 24.6 Å². The molecule has 0 spiro atoms. The maximum absolute atomic E-state index is 14.0. The fourth-order valence-electron chi connectivity index (χ4n) is 4.15. The van der Waals surface area contributed by atoms with E-state index in [1.54, 1.807) is 18.2 Å². The van der Waals surface area contributed by atoms with Crippen LogP contribution in [0.25, 0.3) is 11.3 Å². The van der Waals surface area contributed by atoms with Gasteiger partial charge >= 0.3 is 0 Å². The van der Waals surface area contributed by atoms with Crippen molar-refractivity contribution in [1.29, 1.82) is 0 Å². The normalized spacial score (nSPS) is 17.1. The molecule has 4 aromatic rings. The first kappa shape index (κ1) is 19.6. The number of nitrogens with one attached hydrogen (secondary N) is 1. The Kier molecular flexibility index (Phi) is 4.30. The van der Waals surface area contributed by atoms with E-state index in [9.17, 15) is 13.6 Å². The topological polar surface area (TPSA) is 90.0 Å². The van der Waals surface area contributed by atoms with Gasteiger partial charge in [0, 0.05) is 22.9 Å². The number of carbonyl (C=O) groups excluding carboxylic acids is 1. The molecule has 0 fully saturated rings. The molecule has 5 rings (SSSR count). The Bertz CT molecular complexity index is 1330. The minimum Gasteiger partial charge on any atom is -0.326 e. The number of hydrogen-bond donors (Lipinski definition) is 1. The van der Waals surface area contributed by atoms with E-state index in [0.717, 1.165) is 4.52 Å². The number of anilines is 1. The van der Waals surface area contributed by atoms with Gasteiger partial charge in [0.25, 0.3) is 5.95 Å². The van der Waals surface area contributed by atoms with E-state index in [4.69, 9.17) is 11.6 Å². The molecule has 1 N–H and O–H groups in total. The summed E-state index contributed by atoms with van der Waals surface area (Å²) in [6.07, 6.45) is 4.93. The third-order valence-electron chi connectivity index (χ3n) is 5.47. The zero-order valence-electron chi connectivity index (χ0n) is 16.5. The summed E-state index contributed by atoms with van der Waals surface area (Å²) in [6, 6.07) is 5.01. The highest BCUT2D eigenvalue weighted by Crippen LogP contribution is 2.46. The molecule has 31 heavy (non-hydrogen) atoms. The average Bonchev–Trinajstić information content (AvgIpc) is 3.40. The van der Waals surface area contributed by atoms with Crippen LogP contribution in [-0.4, -0.2) is 35.5 Å². The summed E-state index contributed by atoms with van der Waals surface area (Å²) >= 11 is 6.33. The lowest BCUT2D eigenvalue weighted by molar-refractivity contribution is -0.117. The molecule has 8 nitrogen and oxygen atoms in total. The molecule has 0 unspecified atom stereocenters. The molecule has 0 bridgehead atoms. The minimum absolute atomic E-state index is 0.194. The van der Waals surface area contributed by atoms with Gasteiger partial charge in [0.15, 0.2) is 5.65 Å². The van der Waals surface area contributed by atoms with Crippen LogP contribution in [-0.2, 0) is 10.2 Å². The van der Waals surface area contributed by atoms with Crippen LogP contribution in [0.2, 0.25) is 5.02 Å². The Balaban J connectivity index is 1.47. The molecular weight excluding hydrogens is 428 g/mol. The fraction of sp³-hybridized carbons (Fsp3) is 0.250. The van der Waals surface area contributed by atoms with Gasteiger partial charge in [-0.2, -0.15) is 23.8 Å². The Labute approximate surface area is 179 Å². The Morgan fingerprint density at radius 1 is 1.26 bits per heavy atom. The zero-order valence-corrected chi connectivity index (χ0v) is 17.2. The van der Waals surface area contributed by atoms with Crippen molar-refractivity contribution in [3.05, 3.63) is 64.8 Å². The van der Waals surface area contributed by atoms with E-state index in [1.807, 2.05) is 13.8 Å². The lowest BCUT2D eigenvalue weighted by Gasteiger charge is -2.19. The van der Waals surface area contributed by atoms with Crippen molar-refractivity contribution in [2.24, 2.45) is 0 Å². The van der Waals surface area contributed by atoms with E-state index in [0.29, 0.717) is 34.1 Å². The van der Waals surface area contributed by atoms with Gasteiger partial charge in [-0.1, -0.05) is 25.4 Å². The minimum atomic E-state index is -1.22. The van der Waals surface area contributed by atoms with Crippen LogP contribution in [0.3, 0.4) is 0 Å². The van der Waals surface area contributed by atoms with Crippen LogP contribution in [0.5, 0.6) is 0 Å². The molecule has 0 saturated heterocycles. The molecule has 1 aliphatic rings. The van der Waals surface area contributed by atoms with E-state index >= 15 is 0 Å². The van der Waals surface area contributed by atoms with Crippen molar-refractivity contribution in [2.75, 3.05) is 5.32 Å². The smallest absolute Gasteiger partial charge is 0.271 e.